The molecule has 0 saturated heterocycles. The number of rotatable bonds is 3. The minimum absolute atomic E-state index is 0.0215. The molecule has 1 rings (SSSR count). The average Bonchev–Trinajstić information content (AvgIpc) is 2.26. The lowest BCUT2D eigenvalue weighted by molar-refractivity contribution is 0.586. The summed E-state index contributed by atoms with van der Waals surface area (Å²) < 4.78 is 25.4. The van der Waals surface area contributed by atoms with Gasteiger partial charge in [-0.1, -0.05) is 17.5 Å². The summed E-state index contributed by atoms with van der Waals surface area (Å²) in [5, 5.41) is 8.72. The largest absolute Gasteiger partial charge is 0.241 e. The van der Waals surface area contributed by atoms with Crippen LogP contribution in [-0.2, 0) is 10.0 Å². The van der Waals surface area contributed by atoms with Crippen molar-refractivity contribution in [2.24, 2.45) is 0 Å². The SMILES string of the molecule is C#CCNS(=O)(=O)c1ccc(C#N)c(Cl)c1. The molecule has 0 atom stereocenters. The van der Waals surface area contributed by atoms with Crippen LogP contribution in [0.15, 0.2) is 23.1 Å². The predicted octanol–water partition coefficient (Wildman–Crippen LogP) is 1.12. The molecule has 1 aromatic rings. The topological polar surface area (TPSA) is 70.0 Å². The number of benzene rings is 1. The molecule has 6 heteroatoms. The Hall–Kier alpha value is -1.53. The molecule has 0 spiro atoms. The van der Waals surface area contributed by atoms with Crippen molar-refractivity contribution in [1.29, 1.82) is 5.26 Å². The van der Waals surface area contributed by atoms with E-state index in [2.05, 4.69) is 10.6 Å². The van der Waals surface area contributed by atoms with Gasteiger partial charge in [-0.2, -0.15) is 9.98 Å². The standard InChI is InChI=1S/C10H7ClN2O2S/c1-2-5-13-16(14,15)9-4-3-8(7-12)10(11)6-9/h1,3-4,6,13H,5H2. The normalized spacial score (nSPS) is 10.4. The molecular weight excluding hydrogens is 248 g/mol. The van der Waals surface area contributed by atoms with Gasteiger partial charge in [0.05, 0.1) is 22.0 Å². The second-order valence-electron chi connectivity index (χ2n) is 2.78. The van der Waals surface area contributed by atoms with Crippen LogP contribution in [0, 0.1) is 23.7 Å². The summed E-state index contributed by atoms with van der Waals surface area (Å²) in [6, 6.07) is 5.68. The van der Waals surface area contributed by atoms with Crippen LogP contribution in [0.1, 0.15) is 5.56 Å². The Bertz CT molecular complexity index is 582. The Labute approximate surface area is 98.9 Å². The van der Waals surface area contributed by atoms with Crippen LogP contribution in [0.2, 0.25) is 5.02 Å². The maximum absolute atomic E-state index is 11.6. The molecule has 1 N–H and O–H groups in total. The van der Waals surface area contributed by atoms with Gasteiger partial charge in [0.1, 0.15) is 6.07 Å². The fourth-order valence-corrected chi connectivity index (χ4v) is 2.22. The van der Waals surface area contributed by atoms with Crippen LogP contribution in [0.25, 0.3) is 0 Å². The lowest BCUT2D eigenvalue weighted by atomic mass is 10.2. The van der Waals surface area contributed by atoms with E-state index in [0.29, 0.717) is 0 Å². The highest BCUT2D eigenvalue weighted by molar-refractivity contribution is 7.89. The minimum Gasteiger partial charge on any atom is -0.207 e. The highest BCUT2D eigenvalue weighted by atomic mass is 35.5. The van der Waals surface area contributed by atoms with Gasteiger partial charge < -0.3 is 0 Å². The van der Waals surface area contributed by atoms with Crippen LogP contribution >= 0.6 is 11.6 Å². The molecule has 4 nitrogen and oxygen atoms in total. The molecule has 0 saturated carbocycles. The Morgan fingerprint density at radius 2 is 2.19 bits per heavy atom. The van der Waals surface area contributed by atoms with Gasteiger partial charge in [0.25, 0.3) is 0 Å². The lowest BCUT2D eigenvalue weighted by Gasteiger charge is -2.04. The fraction of sp³-hybridized carbons (Fsp3) is 0.100. The van der Waals surface area contributed by atoms with Gasteiger partial charge in [-0.25, -0.2) is 8.42 Å². The van der Waals surface area contributed by atoms with Gasteiger partial charge in [-0.15, -0.1) is 6.42 Å². The molecule has 16 heavy (non-hydrogen) atoms. The van der Waals surface area contributed by atoms with Crippen molar-refractivity contribution < 1.29 is 8.42 Å². The third kappa shape index (κ3) is 2.74. The zero-order valence-corrected chi connectivity index (χ0v) is 9.64. The first kappa shape index (κ1) is 12.5. The summed E-state index contributed by atoms with van der Waals surface area (Å²) in [6.07, 6.45) is 4.94. The Kier molecular flexibility index (Phi) is 3.92. The van der Waals surface area contributed by atoms with Crippen molar-refractivity contribution in [1.82, 2.24) is 4.72 Å². The van der Waals surface area contributed by atoms with E-state index in [1.807, 2.05) is 6.07 Å². The number of hydrogen-bond donors (Lipinski definition) is 1. The number of sulfonamides is 1. The van der Waals surface area contributed by atoms with Crippen molar-refractivity contribution in [2.75, 3.05) is 6.54 Å². The Morgan fingerprint density at radius 1 is 1.50 bits per heavy atom. The molecule has 0 bridgehead atoms. The number of nitriles is 1. The molecule has 0 unspecified atom stereocenters. The van der Waals surface area contributed by atoms with E-state index in [0.717, 1.165) is 0 Å². The van der Waals surface area contributed by atoms with Crippen LogP contribution in [-0.4, -0.2) is 15.0 Å². The van der Waals surface area contributed by atoms with E-state index in [-0.39, 0.29) is 22.0 Å². The second-order valence-corrected chi connectivity index (χ2v) is 4.96. The first-order valence-electron chi connectivity index (χ1n) is 4.14. The third-order valence-corrected chi connectivity index (χ3v) is 3.45. The summed E-state index contributed by atoms with van der Waals surface area (Å²) in [6.45, 7) is -0.0973. The molecular formula is C10H7ClN2O2S. The Balaban J connectivity index is 3.13. The third-order valence-electron chi connectivity index (χ3n) is 1.74. The van der Waals surface area contributed by atoms with Crippen molar-refractivity contribution in [3.05, 3.63) is 28.8 Å². The first-order valence-corrected chi connectivity index (χ1v) is 6.00. The number of hydrogen-bond acceptors (Lipinski definition) is 3. The van der Waals surface area contributed by atoms with Gasteiger partial charge in [0, 0.05) is 0 Å². The van der Waals surface area contributed by atoms with E-state index in [1.54, 1.807) is 0 Å². The monoisotopic (exact) mass is 254 g/mol. The van der Waals surface area contributed by atoms with Crippen LogP contribution in [0.3, 0.4) is 0 Å². The van der Waals surface area contributed by atoms with Gasteiger partial charge >= 0.3 is 0 Å². The molecule has 82 valence electrons. The first-order chi connectivity index (χ1) is 7.51. The van der Waals surface area contributed by atoms with Crippen LogP contribution < -0.4 is 4.72 Å². The molecule has 0 heterocycles. The van der Waals surface area contributed by atoms with Crippen LogP contribution in [0.4, 0.5) is 0 Å². The molecule has 0 aliphatic heterocycles. The smallest absolute Gasteiger partial charge is 0.207 e. The summed E-state index contributed by atoms with van der Waals surface area (Å²) in [4.78, 5) is -0.0215. The zero-order chi connectivity index (χ0) is 12.2. The highest BCUT2D eigenvalue weighted by Gasteiger charge is 2.14. The molecule has 1 aromatic carbocycles. The molecule has 0 aliphatic carbocycles. The van der Waals surface area contributed by atoms with Crippen molar-refractivity contribution >= 4 is 21.6 Å². The van der Waals surface area contributed by atoms with Crippen molar-refractivity contribution in [2.45, 2.75) is 4.90 Å². The molecule has 0 radical (unpaired) electrons. The summed E-state index contributed by atoms with van der Waals surface area (Å²) in [7, 11) is -3.66. The van der Waals surface area contributed by atoms with Crippen molar-refractivity contribution in [3.8, 4) is 18.4 Å². The average molecular weight is 255 g/mol. The van der Waals surface area contributed by atoms with Gasteiger partial charge in [-0.05, 0) is 18.2 Å². The predicted molar refractivity (Wildman–Crippen MR) is 60.2 cm³/mol. The van der Waals surface area contributed by atoms with E-state index < -0.39 is 10.0 Å². The quantitative estimate of drug-likeness (QED) is 0.822. The molecule has 0 fully saturated rings. The molecule has 0 aliphatic rings. The zero-order valence-electron chi connectivity index (χ0n) is 8.07. The van der Waals surface area contributed by atoms with Gasteiger partial charge in [0.2, 0.25) is 10.0 Å². The van der Waals surface area contributed by atoms with E-state index in [4.69, 9.17) is 23.3 Å². The Morgan fingerprint density at radius 3 is 2.69 bits per heavy atom. The molecule has 0 amide bonds. The van der Waals surface area contributed by atoms with E-state index in [9.17, 15) is 8.42 Å². The second kappa shape index (κ2) is 5.00. The van der Waals surface area contributed by atoms with E-state index >= 15 is 0 Å². The number of halogens is 1. The summed E-state index contributed by atoms with van der Waals surface area (Å²) >= 11 is 5.71. The number of nitrogens with one attached hydrogen (secondary N) is 1. The lowest BCUT2D eigenvalue weighted by Crippen LogP contribution is -2.23. The minimum atomic E-state index is -3.66. The van der Waals surface area contributed by atoms with Gasteiger partial charge in [-0.3, -0.25) is 0 Å². The molecule has 0 aromatic heterocycles. The van der Waals surface area contributed by atoms with Crippen molar-refractivity contribution in [3.63, 3.8) is 0 Å². The summed E-state index contributed by atoms with van der Waals surface area (Å²) in [5.41, 5.74) is 0.220. The van der Waals surface area contributed by atoms with Crippen LogP contribution in [0.5, 0.6) is 0 Å². The maximum atomic E-state index is 11.6. The number of terminal acetylenes is 1. The summed E-state index contributed by atoms with van der Waals surface area (Å²) in [5.74, 6) is 2.16. The fourth-order valence-electron chi connectivity index (χ4n) is 0.974. The maximum Gasteiger partial charge on any atom is 0.241 e. The van der Waals surface area contributed by atoms with Gasteiger partial charge in [0.15, 0.2) is 0 Å². The number of nitrogens with zero attached hydrogens (tertiary/aromatic N) is 1. The highest BCUT2D eigenvalue weighted by Crippen LogP contribution is 2.19. The van der Waals surface area contributed by atoms with E-state index in [1.165, 1.54) is 18.2 Å².